The van der Waals surface area contributed by atoms with E-state index in [2.05, 4.69) is 0 Å². The monoisotopic (exact) mass is 260 g/mol. The standard InChI is InChI=1S/C6H11N3O7.Na/c10-3(7-14)1-6(13,5(12)9-16)2-4(11)8-15;/h13-16H,1-2H2,(H,7,10)(H,8,11)(H,9,12);/q;+1. The number of nitrogens with one attached hydrogen (secondary N) is 3. The van der Waals surface area contributed by atoms with Crippen LogP contribution in [0.25, 0.3) is 0 Å². The van der Waals surface area contributed by atoms with E-state index in [4.69, 9.17) is 15.6 Å². The Bertz CT molecular complexity index is 279. The fraction of sp³-hybridized carbons (Fsp3) is 0.500. The fourth-order valence-corrected chi connectivity index (χ4v) is 0.937. The van der Waals surface area contributed by atoms with Gasteiger partial charge in [0.15, 0.2) is 5.60 Å². The molecule has 0 bridgehead atoms. The van der Waals surface area contributed by atoms with Gasteiger partial charge in [-0.25, -0.2) is 16.4 Å². The van der Waals surface area contributed by atoms with E-state index in [0.717, 1.165) is 16.4 Å². The minimum Gasteiger partial charge on any atom is -0.379 e. The quantitative estimate of drug-likeness (QED) is 0.147. The van der Waals surface area contributed by atoms with Crippen molar-refractivity contribution in [3.8, 4) is 0 Å². The average Bonchev–Trinajstić information content (AvgIpc) is 2.27. The van der Waals surface area contributed by atoms with Gasteiger partial charge >= 0.3 is 29.6 Å². The third-order valence-corrected chi connectivity index (χ3v) is 1.68. The largest absolute Gasteiger partial charge is 1.00 e. The van der Waals surface area contributed by atoms with Crippen LogP contribution < -0.4 is 46.0 Å². The van der Waals surface area contributed by atoms with Crippen molar-refractivity contribution >= 4 is 17.7 Å². The summed E-state index contributed by atoms with van der Waals surface area (Å²) in [5, 5.41) is 34.2. The summed E-state index contributed by atoms with van der Waals surface area (Å²) in [6, 6.07) is 0. The van der Waals surface area contributed by atoms with Gasteiger partial charge in [0.1, 0.15) is 0 Å². The van der Waals surface area contributed by atoms with Crippen LogP contribution >= 0.6 is 0 Å². The number of rotatable bonds is 5. The Hall–Kier alpha value is -0.750. The molecule has 0 rings (SSSR count). The molecule has 11 heteroatoms. The van der Waals surface area contributed by atoms with Crippen LogP contribution in [0.1, 0.15) is 12.8 Å². The van der Waals surface area contributed by atoms with Crippen molar-refractivity contribution in [3.63, 3.8) is 0 Å². The van der Waals surface area contributed by atoms with Crippen LogP contribution in [0.3, 0.4) is 0 Å². The molecule has 0 fully saturated rings. The van der Waals surface area contributed by atoms with Crippen LogP contribution in [0.2, 0.25) is 0 Å². The van der Waals surface area contributed by atoms with Gasteiger partial charge in [-0.1, -0.05) is 0 Å². The van der Waals surface area contributed by atoms with Crippen LogP contribution in [-0.2, 0) is 14.4 Å². The molecule has 0 aliphatic rings. The molecule has 0 aromatic rings. The van der Waals surface area contributed by atoms with Crippen molar-refractivity contribution in [1.82, 2.24) is 16.4 Å². The molecular weight excluding hydrogens is 249 g/mol. The summed E-state index contributed by atoms with van der Waals surface area (Å²) < 4.78 is 0. The van der Waals surface area contributed by atoms with Gasteiger partial charge in [-0.3, -0.25) is 30.0 Å². The molecule has 0 spiro atoms. The molecule has 0 saturated heterocycles. The maximum atomic E-state index is 11.0. The minimum atomic E-state index is -2.59. The maximum absolute atomic E-state index is 11.0. The van der Waals surface area contributed by atoms with Gasteiger partial charge < -0.3 is 5.11 Å². The summed E-state index contributed by atoms with van der Waals surface area (Å²) in [6.45, 7) is 0. The van der Waals surface area contributed by atoms with Gasteiger partial charge in [0.05, 0.1) is 12.8 Å². The van der Waals surface area contributed by atoms with Crippen LogP contribution in [-0.4, -0.2) is 44.1 Å². The first-order valence-corrected chi connectivity index (χ1v) is 3.92. The van der Waals surface area contributed by atoms with Gasteiger partial charge in [-0.05, 0) is 0 Å². The van der Waals surface area contributed by atoms with Crippen LogP contribution in [0.4, 0.5) is 0 Å². The number of amides is 3. The van der Waals surface area contributed by atoms with E-state index >= 15 is 0 Å². The summed E-state index contributed by atoms with van der Waals surface area (Å²) in [4.78, 5) is 32.5. The second kappa shape index (κ2) is 8.36. The number of hydrogen-bond acceptors (Lipinski definition) is 7. The molecule has 17 heavy (non-hydrogen) atoms. The van der Waals surface area contributed by atoms with Crippen LogP contribution in [0.5, 0.6) is 0 Å². The fourth-order valence-electron chi connectivity index (χ4n) is 0.937. The summed E-state index contributed by atoms with van der Waals surface area (Å²) in [7, 11) is 0. The van der Waals surface area contributed by atoms with Crippen LogP contribution in [0, 0.1) is 0 Å². The maximum Gasteiger partial charge on any atom is 1.00 e. The summed E-state index contributed by atoms with van der Waals surface area (Å²) in [5.74, 6) is -3.74. The Labute approximate surface area is 117 Å². The van der Waals surface area contributed by atoms with E-state index < -0.39 is 36.2 Å². The summed E-state index contributed by atoms with van der Waals surface area (Å²) in [5.41, 5.74) is 0.736. The van der Waals surface area contributed by atoms with Crippen molar-refractivity contribution in [1.29, 1.82) is 0 Å². The van der Waals surface area contributed by atoms with E-state index in [-0.39, 0.29) is 29.6 Å². The number of carbonyl (C=O) groups excluding carboxylic acids is 3. The smallest absolute Gasteiger partial charge is 0.379 e. The van der Waals surface area contributed by atoms with Gasteiger partial charge in [0.25, 0.3) is 5.91 Å². The first kappa shape index (κ1) is 18.6. The first-order valence-electron chi connectivity index (χ1n) is 3.92. The van der Waals surface area contributed by atoms with Gasteiger partial charge in [0, 0.05) is 0 Å². The number of aliphatic hydroxyl groups is 1. The molecule has 0 aromatic heterocycles. The van der Waals surface area contributed by atoms with E-state index in [0.29, 0.717) is 0 Å². The molecular formula is C6H11N3NaO7+. The predicted octanol–water partition coefficient (Wildman–Crippen LogP) is -5.98. The van der Waals surface area contributed by atoms with Crippen molar-refractivity contribution in [2.24, 2.45) is 0 Å². The molecule has 92 valence electrons. The average molecular weight is 260 g/mol. The molecule has 0 saturated carbocycles. The Morgan fingerprint density at radius 2 is 1.24 bits per heavy atom. The second-order valence-electron chi connectivity index (χ2n) is 2.90. The van der Waals surface area contributed by atoms with E-state index in [9.17, 15) is 19.5 Å². The zero-order chi connectivity index (χ0) is 12.8. The van der Waals surface area contributed by atoms with Crippen molar-refractivity contribution in [2.45, 2.75) is 18.4 Å². The Morgan fingerprint density at radius 1 is 0.882 bits per heavy atom. The first-order chi connectivity index (χ1) is 7.39. The minimum absolute atomic E-state index is 0. The topological polar surface area (TPSA) is 168 Å². The molecule has 0 aromatic carbocycles. The molecule has 0 aliphatic heterocycles. The Morgan fingerprint density at radius 3 is 1.47 bits per heavy atom. The summed E-state index contributed by atoms with van der Waals surface area (Å²) >= 11 is 0. The zero-order valence-electron chi connectivity index (χ0n) is 8.93. The second-order valence-corrected chi connectivity index (χ2v) is 2.90. The normalized spacial score (nSPS) is 9.88. The van der Waals surface area contributed by atoms with Gasteiger partial charge in [-0.15, -0.1) is 0 Å². The zero-order valence-corrected chi connectivity index (χ0v) is 10.9. The Kier molecular flexibility index (Phi) is 9.15. The molecule has 10 nitrogen and oxygen atoms in total. The molecule has 0 atom stereocenters. The van der Waals surface area contributed by atoms with E-state index in [1.54, 1.807) is 0 Å². The molecule has 0 heterocycles. The molecule has 0 aliphatic carbocycles. The van der Waals surface area contributed by atoms with E-state index in [1.165, 1.54) is 0 Å². The van der Waals surface area contributed by atoms with Gasteiger partial charge in [-0.2, -0.15) is 0 Å². The van der Waals surface area contributed by atoms with Crippen molar-refractivity contribution in [3.05, 3.63) is 0 Å². The molecule has 0 unspecified atom stereocenters. The molecule has 3 amide bonds. The SMILES string of the molecule is O=C(CC(O)(CC(=O)NO)C(=O)NO)NO.[Na+]. The number of hydrogen-bond donors (Lipinski definition) is 7. The third-order valence-electron chi connectivity index (χ3n) is 1.68. The van der Waals surface area contributed by atoms with Crippen LogP contribution in [0.15, 0.2) is 0 Å². The van der Waals surface area contributed by atoms with Crippen molar-refractivity contribution in [2.75, 3.05) is 0 Å². The number of carbonyl (C=O) groups is 3. The Balaban J connectivity index is 0. The molecule has 0 radical (unpaired) electrons. The van der Waals surface area contributed by atoms with E-state index in [1.807, 2.05) is 0 Å². The number of hydroxylamine groups is 3. The third kappa shape index (κ3) is 5.93. The predicted molar refractivity (Wildman–Crippen MR) is 44.0 cm³/mol. The summed E-state index contributed by atoms with van der Waals surface area (Å²) in [6.07, 6.45) is -1.97. The molecule has 7 N–H and O–H groups in total. The van der Waals surface area contributed by atoms with Gasteiger partial charge in [0.2, 0.25) is 11.8 Å². The van der Waals surface area contributed by atoms with Crippen molar-refractivity contribution < 1.29 is 64.7 Å².